The molecule has 0 saturated heterocycles. The van der Waals surface area contributed by atoms with E-state index in [2.05, 4.69) is 30.8 Å². The molecule has 0 bridgehead atoms. The molecule has 0 unspecified atom stereocenters. The van der Waals surface area contributed by atoms with Gasteiger partial charge in [-0.1, -0.05) is 11.3 Å². The molecule has 3 aromatic rings. The number of H-pyrrole nitrogens is 1. The van der Waals surface area contributed by atoms with Crippen LogP contribution in [0, 0.1) is 0 Å². The number of alkyl halides is 3. The molecule has 11 heteroatoms. The van der Waals surface area contributed by atoms with Crippen LogP contribution in [0.1, 0.15) is 0 Å². The van der Waals surface area contributed by atoms with Gasteiger partial charge in [-0.2, -0.15) is 0 Å². The van der Waals surface area contributed by atoms with Crippen molar-refractivity contribution in [1.82, 2.24) is 15.4 Å². The third-order valence-corrected chi connectivity index (χ3v) is 3.13. The first kappa shape index (κ1) is 17.2. The first-order valence-corrected chi connectivity index (χ1v) is 7.09. The number of rotatable bonds is 3. The highest BCUT2D eigenvalue weighted by molar-refractivity contribution is 6.00. The second kappa shape index (κ2) is 6.70. The minimum Gasteiger partial charge on any atom is -0.406 e. The lowest BCUT2D eigenvalue weighted by Gasteiger charge is -2.11. The monoisotopic (exact) mass is 365 g/mol. The normalized spacial score (nSPS) is 11.2. The second-order valence-corrected chi connectivity index (χ2v) is 5.03. The van der Waals surface area contributed by atoms with Gasteiger partial charge >= 0.3 is 12.4 Å². The van der Waals surface area contributed by atoms with E-state index in [4.69, 9.17) is 0 Å². The number of hydrogen-bond acceptors (Lipinski definition) is 5. The van der Waals surface area contributed by atoms with Crippen LogP contribution in [-0.2, 0) is 0 Å². The SMILES string of the molecule is O=C(Nc1cccc(OC(F)(F)F)c1)Nc1ccc2nn[nH]c(=O)c2c1. The summed E-state index contributed by atoms with van der Waals surface area (Å²) in [5.41, 5.74) is 0.248. The van der Waals surface area contributed by atoms with Gasteiger partial charge < -0.3 is 15.4 Å². The van der Waals surface area contributed by atoms with E-state index in [1.54, 1.807) is 0 Å². The molecule has 0 aliphatic heterocycles. The first-order chi connectivity index (χ1) is 12.3. The molecule has 8 nitrogen and oxygen atoms in total. The predicted octanol–water partition coefficient (Wildman–Crippen LogP) is 2.86. The number of anilines is 2. The van der Waals surface area contributed by atoms with Gasteiger partial charge in [0.1, 0.15) is 11.3 Å². The van der Waals surface area contributed by atoms with Crippen molar-refractivity contribution in [1.29, 1.82) is 0 Å². The predicted molar refractivity (Wildman–Crippen MR) is 85.9 cm³/mol. The van der Waals surface area contributed by atoms with Crippen molar-refractivity contribution in [3.63, 3.8) is 0 Å². The Morgan fingerprint density at radius 1 is 1.08 bits per heavy atom. The fourth-order valence-corrected chi connectivity index (χ4v) is 2.13. The largest absolute Gasteiger partial charge is 0.573 e. The van der Waals surface area contributed by atoms with Crippen LogP contribution in [-0.4, -0.2) is 27.8 Å². The number of halogens is 3. The second-order valence-electron chi connectivity index (χ2n) is 5.03. The average molecular weight is 365 g/mol. The van der Waals surface area contributed by atoms with Crippen molar-refractivity contribution >= 4 is 28.3 Å². The zero-order valence-corrected chi connectivity index (χ0v) is 12.8. The molecule has 3 N–H and O–H groups in total. The van der Waals surface area contributed by atoms with Gasteiger partial charge in [0.15, 0.2) is 0 Å². The molecule has 26 heavy (non-hydrogen) atoms. The summed E-state index contributed by atoms with van der Waals surface area (Å²) in [6.07, 6.45) is -4.83. The van der Waals surface area contributed by atoms with Gasteiger partial charge in [0.2, 0.25) is 0 Å². The zero-order valence-electron chi connectivity index (χ0n) is 12.8. The molecule has 0 spiro atoms. The Morgan fingerprint density at radius 2 is 1.81 bits per heavy atom. The van der Waals surface area contributed by atoms with Crippen LogP contribution in [0.4, 0.5) is 29.3 Å². The fraction of sp³-hybridized carbons (Fsp3) is 0.0667. The summed E-state index contributed by atoms with van der Waals surface area (Å²) >= 11 is 0. The molecule has 3 rings (SSSR count). The Balaban J connectivity index is 1.72. The summed E-state index contributed by atoms with van der Waals surface area (Å²) in [5.74, 6) is -0.467. The van der Waals surface area contributed by atoms with Crippen LogP contribution in [0.3, 0.4) is 0 Å². The van der Waals surface area contributed by atoms with Gasteiger partial charge in [0.05, 0.1) is 5.39 Å². The first-order valence-electron chi connectivity index (χ1n) is 7.09. The van der Waals surface area contributed by atoms with Crippen LogP contribution < -0.4 is 20.9 Å². The average Bonchev–Trinajstić information content (AvgIpc) is 2.54. The summed E-state index contributed by atoms with van der Waals surface area (Å²) in [7, 11) is 0. The smallest absolute Gasteiger partial charge is 0.406 e. The highest BCUT2D eigenvalue weighted by Gasteiger charge is 2.31. The van der Waals surface area contributed by atoms with Gasteiger partial charge in [0, 0.05) is 17.4 Å². The van der Waals surface area contributed by atoms with Gasteiger partial charge in [-0.3, -0.25) is 4.79 Å². The molecule has 0 radical (unpaired) electrons. The summed E-state index contributed by atoms with van der Waals surface area (Å²) in [5, 5.41) is 14.4. The zero-order chi connectivity index (χ0) is 18.7. The van der Waals surface area contributed by atoms with E-state index in [0.29, 0.717) is 5.52 Å². The Kier molecular flexibility index (Phi) is 4.43. The van der Waals surface area contributed by atoms with Crippen LogP contribution in [0.25, 0.3) is 10.9 Å². The molecular formula is C15H10F3N5O3. The van der Waals surface area contributed by atoms with Gasteiger partial charge in [-0.05, 0) is 30.3 Å². The summed E-state index contributed by atoms with van der Waals surface area (Å²) in [6.45, 7) is 0. The van der Waals surface area contributed by atoms with Crippen molar-refractivity contribution in [3.05, 3.63) is 52.8 Å². The number of urea groups is 1. The van der Waals surface area contributed by atoms with Crippen molar-refractivity contribution in [3.8, 4) is 5.75 Å². The molecule has 0 fully saturated rings. The molecule has 1 aromatic heterocycles. The minimum atomic E-state index is -4.83. The maximum atomic E-state index is 12.2. The molecule has 0 aliphatic rings. The van der Waals surface area contributed by atoms with E-state index in [1.807, 2.05) is 0 Å². The van der Waals surface area contributed by atoms with E-state index in [9.17, 15) is 22.8 Å². The number of ether oxygens (including phenoxy) is 1. The molecule has 2 aromatic carbocycles. The van der Waals surface area contributed by atoms with Crippen molar-refractivity contribution < 1.29 is 22.7 Å². The molecule has 134 valence electrons. The lowest BCUT2D eigenvalue weighted by Crippen LogP contribution is -2.20. The van der Waals surface area contributed by atoms with E-state index < -0.39 is 23.7 Å². The maximum Gasteiger partial charge on any atom is 0.573 e. The minimum absolute atomic E-state index is 0.0914. The van der Waals surface area contributed by atoms with Crippen molar-refractivity contribution in [2.24, 2.45) is 0 Å². The van der Waals surface area contributed by atoms with Gasteiger partial charge in [0.25, 0.3) is 5.56 Å². The number of aromatic nitrogens is 3. The highest BCUT2D eigenvalue weighted by Crippen LogP contribution is 2.25. The van der Waals surface area contributed by atoms with Crippen LogP contribution in [0.2, 0.25) is 0 Å². The molecular weight excluding hydrogens is 355 g/mol. The van der Waals surface area contributed by atoms with E-state index in [0.717, 1.165) is 12.1 Å². The number of aromatic amines is 1. The number of fused-ring (bicyclic) bond motifs is 1. The third kappa shape index (κ3) is 4.26. The number of carbonyl (C=O) groups is 1. The standard InChI is InChI=1S/C15H10F3N5O3/c16-15(17,18)26-10-3-1-2-8(6-10)19-14(25)20-9-4-5-12-11(7-9)13(24)22-23-21-12/h1-7H,(H2,19,20,25)(H,21,22,24). The highest BCUT2D eigenvalue weighted by atomic mass is 19.4. The van der Waals surface area contributed by atoms with Gasteiger partial charge in [-0.15, -0.1) is 18.3 Å². The number of nitrogens with one attached hydrogen (secondary N) is 3. The number of nitrogens with zero attached hydrogens (tertiary/aromatic N) is 2. The summed E-state index contributed by atoms with van der Waals surface area (Å²) in [4.78, 5) is 23.7. The van der Waals surface area contributed by atoms with E-state index >= 15 is 0 Å². The van der Waals surface area contributed by atoms with E-state index in [1.165, 1.54) is 30.3 Å². The number of benzene rings is 2. The van der Waals surface area contributed by atoms with Crippen LogP contribution in [0.15, 0.2) is 47.3 Å². The van der Waals surface area contributed by atoms with Crippen molar-refractivity contribution in [2.45, 2.75) is 6.36 Å². The quantitative estimate of drug-likeness (QED) is 0.661. The van der Waals surface area contributed by atoms with Crippen LogP contribution in [0.5, 0.6) is 5.75 Å². The van der Waals surface area contributed by atoms with Gasteiger partial charge in [-0.25, -0.2) is 9.89 Å². The Bertz CT molecular complexity index is 1020. The van der Waals surface area contributed by atoms with Crippen molar-refractivity contribution in [2.75, 3.05) is 10.6 Å². The molecule has 0 aliphatic carbocycles. The molecule has 2 amide bonds. The number of hydrogen-bond donors (Lipinski definition) is 3. The topological polar surface area (TPSA) is 109 Å². The Morgan fingerprint density at radius 3 is 2.54 bits per heavy atom. The number of carbonyl (C=O) groups excluding carboxylic acids is 1. The lowest BCUT2D eigenvalue weighted by molar-refractivity contribution is -0.274. The molecule has 0 saturated carbocycles. The summed E-state index contributed by atoms with van der Waals surface area (Å²) < 4.78 is 40.5. The number of amides is 2. The summed E-state index contributed by atoms with van der Waals surface area (Å²) in [6, 6.07) is 8.48. The maximum absolute atomic E-state index is 12.2. The fourth-order valence-electron chi connectivity index (χ4n) is 2.13. The van der Waals surface area contributed by atoms with Crippen LogP contribution >= 0.6 is 0 Å². The van der Waals surface area contributed by atoms with E-state index in [-0.39, 0.29) is 16.8 Å². The molecule has 1 heterocycles. The Hall–Kier alpha value is -3.63. The third-order valence-electron chi connectivity index (χ3n) is 3.13. The lowest BCUT2D eigenvalue weighted by atomic mass is 10.2. The molecule has 0 atom stereocenters. The Labute approximate surface area is 143 Å².